The number of aliphatic carboxylic acids is 1. The molecular formula is C47H76O17. The maximum Gasteiger partial charge on any atom is 0.310 e. The predicted molar refractivity (Wildman–Crippen MR) is 225 cm³/mol. The van der Waals surface area contributed by atoms with Gasteiger partial charge in [-0.25, -0.2) is 0 Å². The standard InChI is InChI=1S/C47H76O17/c1-21-30(50)34(54)37(64-38-35(55)31(51)24(48)19-59-38)40(61-21)60-20-25-32(52)33(53)36(56)39(62-25)63-29-12-13-44(6)26(43(29,4)5)11-14-46(8)27(44)10-9-22-23-17-42(2,3)28(49)18-47(23,41(57)58)16-15-45(22,46)7/h9,21,23-40,48-56H,10-20H2,1-8H3,(H,57,58)/t21-,23+,24-,25-,26+,27-,28+,29+,30+,31+,32-,33+,34+,35-,36-,37-,38+,39+,40-,44+,45-,46-,47-/m1/s1. The van der Waals surface area contributed by atoms with E-state index in [4.69, 9.17) is 28.4 Å². The zero-order chi connectivity index (χ0) is 46.9. The van der Waals surface area contributed by atoms with Gasteiger partial charge < -0.3 is 79.5 Å². The first-order valence-electron chi connectivity index (χ1n) is 23.7. The minimum Gasteiger partial charge on any atom is -0.481 e. The van der Waals surface area contributed by atoms with Crippen molar-refractivity contribution in [3.63, 3.8) is 0 Å². The molecule has 8 aliphatic rings. The molecule has 23 atom stereocenters. The fourth-order valence-electron chi connectivity index (χ4n) is 14.7. The van der Waals surface area contributed by atoms with Gasteiger partial charge in [0.25, 0.3) is 0 Å². The average Bonchev–Trinajstić information content (AvgIpc) is 3.22. The van der Waals surface area contributed by atoms with Crippen LogP contribution in [-0.2, 0) is 33.2 Å². The van der Waals surface area contributed by atoms with Gasteiger partial charge >= 0.3 is 5.97 Å². The van der Waals surface area contributed by atoms with Gasteiger partial charge in [0.1, 0.15) is 61.0 Å². The number of carboxylic acid groups (broad SMARTS) is 1. The number of fused-ring (bicyclic) bond motifs is 7. The average molecular weight is 913 g/mol. The lowest BCUT2D eigenvalue weighted by Crippen LogP contribution is -2.66. The van der Waals surface area contributed by atoms with Crippen LogP contribution in [0.1, 0.15) is 113 Å². The molecule has 64 heavy (non-hydrogen) atoms. The monoisotopic (exact) mass is 913 g/mol. The lowest BCUT2D eigenvalue weighted by Gasteiger charge is -2.71. The molecule has 4 saturated carbocycles. The topological polar surface area (TPSA) is 275 Å². The Bertz CT molecular complexity index is 1760. The summed E-state index contributed by atoms with van der Waals surface area (Å²) in [4.78, 5) is 13.1. The number of aliphatic hydroxyl groups is 9. The summed E-state index contributed by atoms with van der Waals surface area (Å²) in [6, 6.07) is 0. The normalized spacial score (nSPS) is 54.6. The molecular weight excluding hydrogens is 837 g/mol. The maximum atomic E-state index is 13.1. The van der Waals surface area contributed by atoms with Crippen molar-refractivity contribution in [3.05, 3.63) is 11.6 Å². The molecule has 0 amide bonds. The second-order valence-corrected chi connectivity index (χ2v) is 23.1. The Balaban J connectivity index is 0.970. The van der Waals surface area contributed by atoms with Crippen molar-refractivity contribution in [3.8, 4) is 0 Å². The molecule has 0 radical (unpaired) electrons. The maximum absolute atomic E-state index is 13.1. The van der Waals surface area contributed by atoms with Gasteiger partial charge in [-0.1, -0.05) is 60.1 Å². The van der Waals surface area contributed by atoms with Crippen molar-refractivity contribution in [2.75, 3.05) is 13.2 Å². The van der Waals surface area contributed by atoms with Gasteiger partial charge in [0, 0.05) is 0 Å². The smallest absolute Gasteiger partial charge is 0.310 e. The second kappa shape index (κ2) is 16.9. The summed E-state index contributed by atoms with van der Waals surface area (Å²) in [5.41, 5.74) is -0.928. The molecule has 3 saturated heterocycles. The fourth-order valence-corrected chi connectivity index (χ4v) is 14.7. The predicted octanol–water partition coefficient (Wildman–Crippen LogP) is 1.34. The summed E-state index contributed by atoms with van der Waals surface area (Å²) in [7, 11) is 0. The number of allylic oxidation sites excluding steroid dienone is 2. The molecule has 3 heterocycles. The molecule has 10 N–H and O–H groups in total. The molecule has 366 valence electrons. The van der Waals surface area contributed by atoms with Crippen LogP contribution < -0.4 is 0 Å². The first kappa shape index (κ1) is 49.0. The van der Waals surface area contributed by atoms with E-state index in [0.717, 1.165) is 32.1 Å². The van der Waals surface area contributed by atoms with Crippen LogP contribution in [-0.4, -0.2) is 168 Å². The van der Waals surface area contributed by atoms with E-state index in [1.807, 2.05) is 0 Å². The van der Waals surface area contributed by atoms with E-state index in [0.29, 0.717) is 25.2 Å². The third kappa shape index (κ3) is 7.49. The minimum absolute atomic E-state index is 0.0991. The molecule has 5 aliphatic carbocycles. The lowest BCUT2D eigenvalue weighted by atomic mass is 9.33. The van der Waals surface area contributed by atoms with Gasteiger partial charge in [0.2, 0.25) is 0 Å². The number of carbonyl (C=O) groups is 1. The SMILES string of the molecule is C[C@H]1O[C@@H](OC[C@H]2O[C@@H](O[C@H]3CC[C@]4(C)[C@H]5CC=C6[C@@H]7CC(C)(C)[C@@H](O)C[C@]7(C(=O)O)CC[C@@]6(C)[C@]5(C)CC[C@H]4C3(C)C)[C@H](O)[C@@H](O)[C@@H]2O)[C@H](O[C@@H]2OC[C@@H](O)[C@H](O)[C@H]2O)[C@@H](O)[C@H]1O. The van der Waals surface area contributed by atoms with E-state index in [1.54, 1.807) is 0 Å². The molecule has 0 aromatic rings. The summed E-state index contributed by atoms with van der Waals surface area (Å²) < 4.78 is 35.8. The second-order valence-electron chi connectivity index (χ2n) is 23.1. The van der Waals surface area contributed by atoms with E-state index >= 15 is 0 Å². The van der Waals surface area contributed by atoms with Crippen molar-refractivity contribution in [2.45, 2.75) is 211 Å². The van der Waals surface area contributed by atoms with E-state index in [1.165, 1.54) is 12.5 Å². The number of carboxylic acids is 1. The molecule has 7 fully saturated rings. The Labute approximate surface area is 376 Å². The van der Waals surface area contributed by atoms with E-state index in [2.05, 4.69) is 54.5 Å². The van der Waals surface area contributed by atoms with Crippen LogP contribution in [0.25, 0.3) is 0 Å². The molecule has 17 heteroatoms. The van der Waals surface area contributed by atoms with Crippen molar-refractivity contribution in [1.29, 1.82) is 0 Å². The third-order valence-electron chi connectivity index (χ3n) is 19.1. The highest BCUT2D eigenvalue weighted by Crippen LogP contribution is 2.76. The molecule has 0 aromatic heterocycles. The first-order chi connectivity index (χ1) is 29.7. The van der Waals surface area contributed by atoms with Crippen molar-refractivity contribution in [2.24, 2.45) is 50.2 Å². The molecule has 17 nitrogen and oxygen atoms in total. The van der Waals surface area contributed by atoms with Crippen LogP contribution in [0.3, 0.4) is 0 Å². The van der Waals surface area contributed by atoms with Crippen LogP contribution in [0.2, 0.25) is 0 Å². The van der Waals surface area contributed by atoms with Gasteiger partial charge in [-0.2, -0.15) is 0 Å². The molecule has 0 aromatic carbocycles. The number of aliphatic hydroxyl groups excluding tert-OH is 9. The Kier molecular flexibility index (Phi) is 13.0. The number of ether oxygens (including phenoxy) is 6. The van der Waals surface area contributed by atoms with Crippen LogP contribution in [0.4, 0.5) is 0 Å². The summed E-state index contributed by atoms with van der Waals surface area (Å²) in [6.07, 6.45) is -13.0. The highest BCUT2D eigenvalue weighted by molar-refractivity contribution is 5.77. The van der Waals surface area contributed by atoms with Gasteiger partial charge in [0.15, 0.2) is 18.9 Å². The van der Waals surface area contributed by atoms with E-state index in [-0.39, 0.29) is 41.1 Å². The van der Waals surface area contributed by atoms with E-state index in [9.17, 15) is 55.9 Å². The van der Waals surface area contributed by atoms with Gasteiger partial charge in [-0.15, -0.1) is 0 Å². The van der Waals surface area contributed by atoms with Crippen molar-refractivity contribution < 1.29 is 84.3 Å². The zero-order valence-electron chi connectivity index (χ0n) is 38.7. The van der Waals surface area contributed by atoms with Crippen LogP contribution in [0.5, 0.6) is 0 Å². The van der Waals surface area contributed by atoms with Crippen molar-refractivity contribution in [1.82, 2.24) is 0 Å². The molecule has 0 bridgehead atoms. The third-order valence-corrected chi connectivity index (χ3v) is 19.1. The van der Waals surface area contributed by atoms with Gasteiger partial charge in [-0.3, -0.25) is 4.79 Å². The number of hydrogen-bond acceptors (Lipinski definition) is 16. The summed E-state index contributed by atoms with van der Waals surface area (Å²) in [5.74, 6) is -0.421. The Morgan fingerprint density at radius 1 is 0.719 bits per heavy atom. The molecule has 0 spiro atoms. The largest absolute Gasteiger partial charge is 0.481 e. The highest BCUT2D eigenvalue weighted by atomic mass is 16.8. The van der Waals surface area contributed by atoms with Gasteiger partial charge in [0.05, 0.1) is 36.9 Å². The summed E-state index contributed by atoms with van der Waals surface area (Å²) >= 11 is 0. The molecule has 3 aliphatic heterocycles. The highest BCUT2D eigenvalue weighted by Gasteiger charge is 2.70. The van der Waals surface area contributed by atoms with E-state index < -0.39 is 127 Å². The molecule has 8 rings (SSSR count). The Morgan fingerprint density at radius 2 is 1.41 bits per heavy atom. The van der Waals surface area contributed by atoms with Crippen LogP contribution in [0, 0.1) is 50.2 Å². The lowest BCUT2D eigenvalue weighted by molar-refractivity contribution is -0.365. The zero-order valence-corrected chi connectivity index (χ0v) is 38.7. The fraction of sp³-hybridized carbons (Fsp3) is 0.936. The van der Waals surface area contributed by atoms with Crippen molar-refractivity contribution >= 4 is 5.97 Å². The Hall–Kier alpha value is -1.39. The van der Waals surface area contributed by atoms with Gasteiger partial charge in [-0.05, 0) is 110 Å². The molecule has 0 unspecified atom stereocenters. The quantitative estimate of drug-likeness (QED) is 0.122. The van der Waals surface area contributed by atoms with Crippen LogP contribution in [0.15, 0.2) is 11.6 Å². The number of rotatable bonds is 8. The summed E-state index contributed by atoms with van der Waals surface area (Å²) in [5, 5.41) is 108. The Morgan fingerprint density at radius 3 is 2.09 bits per heavy atom. The van der Waals surface area contributed by atoms with Crippen LogP contribution >= 0.6 is 0 Å². The summed E-state index contributed by atoms with van der Waals surface area (Å²) in [6.45, 7) is 16.4. The number of hydrogen-bond donors (Lipinski definition) is 10. The minimum atomic E-state index is -1.71. The first-order valence-corrected chi connectivity index (χ1v) is 23.7.